The Morgan fingerprint density at radius 3 is 2.62 bits per heavy atom. The SMILES string of the molecule is O=C1CCC(N2Cc3cc(C(=O)N4CCC4)ccc3C2=O)C(=O)N1. The maximum absolute atomic E-state index is 12.6. The van der Waals surface area contributed by atoms with E-state index in [4.69, 9.17) is 0 Å². The summed E-state index contributed by atoms with van der Waals surface area (Å²) in [7, 11) is 0. The Bertz CT molecular complexity index is 769. The van der Waals surface area contributed by atoms with E-state index < -0.39 is 11.9 Å². The van der Waals surface area contributed by atoms with Crippen molar-refractivity contribution in [2.24, 2.45) is 0 Å². The molecule has 2 saturated heterocycles. The number of benzene rings is 1. The number of fused-ring (bicyclic) bond motifs is 1. The van der Waals surface area contributed by atoms with Crippen LogP contribution in [0.3, 0.4) is 0 Å². The molecule has 0 spiro atoms. The van der Waals surface area contributed by atoms with Gasteiger partial charge in [-0.05, 0) is 36.6 Å². The lowest BCUT2D eigenvalue weighted by atomic mass is 10.0. The second-order valence-electron chi connectivity index (χ2n) is 6.42. The molecule has 0 aliphatic carbocycles. The van der Waals surface area contributed by atoms with Crippen molar-refractivity contribution < 1.29 is 19.2 Å². The molecule has 2 fully saturated rings. The standard InChI is InChI=1S/C17H17N3O4/c21-14-5-4-13(15(22)18-14)20-9-11-8-10(2-3-12(11)17(20)24)16(23)19-6-1-7-19/h2-3,8,13H,1,4-7,9H2,(H,18,21,22). The van der Waals surface area contributed by atoms with Gasteiger partial charge < -0.3 is 9.80 Å². The van der Waals surface area contributed by atoms with Crippen LogP contribution >= 0.6 is 0 Å². The van der Waals surface area contributed by atoms with Crippen LogP contribution in [0.2, 0.25) is 0 Å². The number of hydrogen-bond acceptors (Lipinski definition) is 4. The number of nitrogens with one attached hydrogen (secondary N) is 1. The number of hydrogen-bond donors (Lipinski definition) is 1. The smallest absolute Gasteiger partial charge is 0.255 e. The number of carbonyl (C=O) groups is 4. The van der Waals surface area contributed by atoms with Gasteiger partial charge in [0.2, 0.25) is 11.8 Å². The van der Waals surface area contributed by atoms with Crippen LogP contribution in [0.1, 0.15) is 45.5 Å². The fourth-order valence-corrected chi connectivity index (χ4v) is 3.41. The Morgan fingerprint density at radius 2 is 1.96 bits per heavy atom. The van der Waals surface area contributed by atoms with Gasteiger partial charge in [-0.25, -0.2) is 0 Å². The van der Waals surface area contributed by atoms with Crippen molar-refractivity contribution in [3.05, 3.63) is 34.9 Å². The lowest BCUT2D eigenvalue weighted by Gasteiger charge is -2.31. The molecule has 0 bridgehead atoms. The van der Waals surface area contributed by atoms with Gasteiger partial charge in [0.05, 0.1) is 0 Å². The molecule has 4 amide bonds. The summed E-state index contributed by atoms with van der Waals surface area (Å²) in [5.41, 5.74) is 1.86. The molecule has 3 aliphatic rings. The van der Waals surface area contributed by atoms with E-state index in [0.29, 0.717) is 24.1 Å². The van der Waals surface area contributed by atoms with Crippen molar-refractivity contribution >= 4 is 23.6 Å². The Morgan fingerprint density at radius 1 is 1.17 bits per heavy atom. The van der Waals surface area contributed by atoms with E-state index in [1.54, 1.807) is 23.1 Å². The predicted octanol–water partition coefficient (Wildman–Crippen LogP) is 0.293. The number of amides is 4. The van der Waals surface area contributed by atoms with Crippen LogP contribution in [0.15, 0.2) is 18.2 Å². The first kappa shape index (κ1) is 14.9. The molecule has 4 rings (SSSR count). The van der Waals surface area contributed by atoms with Crippen molar-refractivity contribution in [1.82, 2.24) is 15.1 Å². The highest BCUT2D eigenvalue weighted by Gasteiger charge is 2.39. The zero-order valence-corrected chi connectivity index (χ0v) is 13.1. The first-order valence-electron chi connectivity index (χ1n) is 8.11. The first-order chi connectivity index (χ1) is 11.5. The Balaban J connectivity index is 1.57. The average Bonchev–Trinajstić information content (AvgIpc) is 2.82. The molecule has 124 valence electrons. The second kappa shape index (κ2) is 5.43. The van der Waals surface area contributed by atoms with E-state index in [1.165, 1.54) is 4.90 Å². The molecular formula is C17H17N3O4. The highest BCUT2D eigenvalue weighted by atomic mass is 16.2. The lowest BCUT2D eigenvalue weighted by Crippen LogP contribution is -2.52. The van der Waals surface area contributed by atoms with Gasteiger partial charge >= 0.3 is 0 Å². The van der Waals surface area contributed by atoms with Gasteiger partial charge in [0.15, 0.2) is 0 Å². The van der Waals surface area contributed by atoms with Gasteiger partial charge in [-0.15, -0.1) is 0 Å². The van der Waals surface area contributed by atoms with Crippen LogP contribution in [0.5, 0.6) is 0 Å². The van der Waals surface area contributed by atoms with Crippen LogP contribution in [0.25, 0.3) is 0 Å². The molecule has 1 aromatic rings. The van der Waals surface area contributed by atoms with Crippen LogP contribution in [-0.2, 0) is 16.1 Å². The Hall–Kier alpha value is -2.70. The van der Waals surface area contributed by atoms with E-state index in [0.717, 1.165) is 25.1 Å². The highest BCUT2D eigenvalue weighted by Crippen LogP contribution is 2.28. The molecule has 1 atom stereocenters. The molecule has 1 unspecified atom stereocenters. The predicted molar refractivity (Wildman–Crippen MR) is 83.0 cm³/mol. The third kappa shape index (κ3) is 2.28. The molecule has 0 radical (unpaired) electrons. The van der Waals surface area contributed by atoms with Crippen LogP contribution in [0.4, 0.5) is 0 Å². The van der Waals surface area contributed by atoms with Gasteiger partial charge in [0.25, 0.3) is 11.8 Å². The summed E-state index contributed by atoms with van der Waals surface area (Å²) in [5, 5.41) is 2.28. The summed E-state index contributed by atoms with van der Waals surface area (Å²) in [6.07, 6.45) is 1.59. The minimum atomic E-state index is -0.628. The van der Waals surface area contributed by atoms with Crippen molar-refractivity contribution in [1.29, 1.82) is 0 Å². The molecule has 3 heterocycles. The van der Waals surface area contributed by atoms with Gasteiger partial charge in [-0.1, -0.05) is 0 Å². The summed E-state index contributed by atoms with van der Waals surface area (Å²) >= 11 is 0. The molecule has 3 aliphatic heterocycles. The molecule has 24 heavy (non-hydrogen) atoms. The number of rotatable bonds is 2. The minimum Gasteiger partial charge on any atom is -0.339 e. The Kier molecular flexibility index (Phi) is 3.37. The first-order valence-corrected chi connectivity index (χ1v) is 8.11. The van der Waals surface area contributed by atoms with Gasteiger partial charge in [0.1, 0.15) is 6.04 Å². The van der Waals surface area contributed by atoms with E-state index >= 15 is 0 Å². The summed E-state index contributed by atoms with van der Waals surface area (Å²) in [5.74, 6) is -0.967. The average molecular weight is 327 g/mol. The minimum absolute atomic E-state index is 0.0176. The van der Waals surface area contributed by atoms with Crippen molar-refractivity contribution in [2.75, 3.05) is 13.1 Å². The number of nitrogens with zero attached hydrogens (tertiary/aromatic N) is 2. The molecular weight excluding hydrogens is 310 g/mol. The molecule has 0 saturated carbocycles. The fraction of sp³-hybridized carbons (Fsp3) is 0.412. The molecule has 1 N–H and O–H groups in total. The maximum atomic E-state index is 12.6. The molecule has 7 nitrogen and oxygen atoms in total. The Labute approximate surface area is 138 Å². The number of carbonyl (C=O) groups excluding carboxylic acids is 4. The highest BCUT2D eigenvalue weighted by molar-refractivity contribution is 6.06. The van der Waals surface area contributed by atoms with E-state index in [-0.39, 0.29) is 24.1 Å². The van der Waals surface area contributed by atoms with Crippen molar-refractivity contribution in [2.45, 2.75) is 31.8 Å². The van der Waals surface area contributed by atoms with Gasteiger partial charge in [0, 0.05) is 37.2 Å². The third-order valence-electron chi connectivity index (χ3n) is 4.91. The summed E-state index contributed by atoms with van der Waals surface area (Å²) in [4.78, 5) is 51.4. The fourth-order valence-electron chi connectivity index (χ4n) is 3.41. The zero-order valence-electron chi connectivity index (χ0n) is 13.1. The van der Waals surface area contributed by atoms with Crippen LogP contribution in [-0.4, -0.2) is 52.6 Å². The normalized spacial score (nSPS) is 23.0. The van der Waals surface area contributed by atoms with E-state index in [9.17, 15) is 19.2 Å². The zero-order chi connectivity index (χ0) is 16.8. The van der Waals surface area contributed by atoms with E-state index in [1.807, 2.05) is 0 Å². The number of piperidine rings is 1. The van der Waals surface area contributed by atoms with Gasteiger partial charge in [-0.2, -0.15) is 0 Å². The topological polar surface area (TPSA) is 86.8 Å². The largest absolute Gasteiger partial charge is 0.339 e. The molecule has 7 heteroatoms. The number of imide groups is 1. The lowest BCUT2D eigenvalue weighted by molar-refractivity contribution is -0.136. The van der Waals surface area contributed by atoms with Crippen LogP contribution in [0, 0.1) is 0 Å². The van der Waals surface area contributed by atoms with Crippen LogP contribution < -0.4 is 5.32 Å². The number of likely N-dealkylation sites (tertiary alicyclic amines) is 1. The summed E-state index contributed by atoms with van der Waals surface area (Å²) in [6, 6.07) is 4.46. The summed E-state index contributed by atoms with van der Waals surface area (Å²) < 4.78 is 0. The summed E-state index contributed by atoms with van der Waals surface area (Å²) in [6.45, 7) is 1.84. The molecule has 1 aromatic carbocycles. The third-order valence-corrected chi connectivity index (χ3v) is 4.91. The van der Waals surface area contributed by atoms with Crippen molar-refractivity contribution in [3.63, 3.8) is 0 Å². The monoisotopic (exact) mass is 327 g/mol. The molecule has 0 aromatic heterocycles. The second-order valence-corrected chi connectivity index (χ2v) is 6.42. The van der Waals surface area contributed by atoms with E-state index in [2.05, 4.69) is 5.32 Å². The quantitative estimate of drug-likeness (QED) is 0.791. The van der Waals surface area contributed by atoms with Gasteiger partial charge in [-0.3, -0.25) is 24.5 Å². The van der Waals surface area contributed by atoms with Crippen molar-refractivity contribution in [3.8, 4) is 0 Å². The maximum Gasteiger partial charge on any atom is 0.255 e.